The largest absolute Gasteiger partial charge is 0.496 e. The second-order valence-corrected chi connectivity index (χ2v) is 12.1. The minimum absolute atomic E-state index is 0.0254. The molecule has 214 valence electrons. The van der Waals surface area contributed by atoms with Crippen LogP contribution < -0.4 is 19.7 Å². The van der Waals surface area contributed by atoms with E-state index in [1.165, 1.54) is 0 Å². The van der Waals surface area contributed by atoms with Crippen LogP contribution in [0.25, 0.3) is 10.9 Å². The normalized spacial score (nSPS) is 20.6. The lowest BCUT2D eigenvalue weighted by Gasteiger charge is -2.44. The van der Waals surface area contributed by atoms with Crippen LogP contribution in [0.4, 0.5) is 0 Å². The lowest BCUT2D eigenvalue weighted by Crippen LogP contribution is -2.52. The predicted octanol–water partition coefficient (Wildman–Crippen LogP) is 4.19. The van der Waals surface area contributed by atoms with Crippen LogP contribution in [0, 0.1) is 0 Å². The van der Waals surface area contributed by atoms with Gasteiger partial charge in [0.15, 0.2) is 5.78 Å². The minimum atomic E-state index is -0.648. The maximum atomic E-state index is 13.5. The summed E-state index contributed by atoms with van der Waals surface area (Å²) in [6, 6.07) is 12.8. The molecule has 0 saturated carbocycles. The van der Waals surface area contributed by atoms with Crippen molar-refractivity contribution in [3.63, 3.8) is 0 Å². The zero-order valence-electron chi connectivity index (χ0n) is 24.4. The van der Waals surface area contributed by atoms with Crippen LogP contribution in [0.2, 0.25) is 0 Å². The van der Waals surface area contributed by atoms with Gasteiger partial charge in [0, 0.05) is 37.4 Å². The van der Waals surface area contributed by atoms with E-state index < -0.39 is 23.9 Å². The first-order valence-corrected chi connectivity index (χ1v) is 14.0. The third kappa shape index (κ3) is 4.63. The molecule has 2 aromatic carbocycles. The molecule has 0 atom stereocenters. The van der Waals surface area contributed by atoms with Crippen molar-refractivity contribution < 1.29 is 33.1 Å². The molecule has 3 aliphatic rings. The molecule has 9 nitrogen and oxygen atoms in total. The number of carbonyl (C=O) groups is 2. The Bertz CT molecular complexity index is 1530. The molecule has 41 heavy (non-hydrogen) atoms. The maximum Gasteiger partial charge on any atom is 0.494 e. The number of hydrogen-bond acceptors (Lipinski definition) is 8. The van der Waals surface area contributed by atoms with E-state index in [4.69, 9.17) is 23.5 Å². The summed E-state index contributed by atoms with van der Waals surface area (Å²) < 4.78 is 29.9. The first-order chi connectivity index (χ1) is 19.5. The van der Waals surface area contributed by atoms with Crippen molar-refractivity contribution in [1.82, 2.24) is 9.88 Å². The molecule has 1 spiro atoms. The average Bonchev–Trinajstić information content (AvgIpc) is 3.18. The fourth-order valence-corrected chi connectivity index (χ4v) is 5.83. The summed E-state index contributed by atoms with van der Waals surface area (Å²) in [7, 11) is 2.59. The Morgan fingerprint density at radius 2 is 1.63 bits per heavy atom. The van der Waals surface area contributed by atoms with Gasteiger partial charge in [-0.2, -0.15) is 0 Å². The van der Waals surface area contributed by atoms with E-state index in [9.17, 15) is 9.59 Å². The third-order valence-corrected chi connectivity index (χ3v) is 9.02. The SMILES string of the molecule is COc1cc(C(=O)N2CCC3(CC2)CC(=O)c2cc(B4OC(C)(C)C(C)(C)O4)ccc2O3)nc2c(OC)cccc12. The summed E-state index contributed by atoms with van der Waals surface area (Å²) in [6.07, 6.45) is 1.34. The number of fused-ring (bicyclic) bond motifs is 2. The molecular weight excluding hydrogens is 523 g/mol. The number of likely N-dealkylation sites (tertiary alicyclic amines) is 1. The van der Waals surface area contributed by atoms with Gasteiger partial charge in [-0.15, -0.1) is 0 Å². The van der Waals surface area contributed by atoms with E-state index >= 15 is 0 Å². The zero-order chi connectivity index (χ0) is 29.2. The quantitative estimate of drug-likeness (QED) is 0.440. The Balaban J connectivity index is 1.18. The molecule has 1 amide bonds. The number of Topliss-reactive ketones (excluding diaryl/α,β-unsaturated/α-hetero) is 1. The molecule has 10 heteroatoms. The van der Waals surface area contributed by atoms with Gasteiger partial charge in [0.05, 0.1) is 37.4 Å². The number of carbonyl (C=O) groups excluding carboxylic acids is 2. The molecule has 3 aromatic rings. The van der Waals surface area contributed by atoms with E-state index in [1.807, 2.05) is 58.0 Å². The highest BCUT2D eigenvalue weighted by molar-refractivity contribution is 6.62. The molecular formula is C31H35BN2O7. The van der Waals surface area contributed by atoms with Crippen LogP contribution in [0.5, 0.6) is 17.2 Å². The molecule has 0 unspecified atom stereocenters. The zero-order valence-corrected chi connectivity index (χ0v) is 24.4. The lowest BCUT2D eigenvalue weighted by atomic mass is 9.76. The number of aromatic nitrogens is 1. The van der Waals surface area contributed by atoms with E-state index in [0.717, 1.165) is 10.8 Å². The molecule has 2 fully saturated rings. The van der Waals surface area contributed by atoms with E-state index in [-0.39, 0.29) is 23.8 Å². The molecule has 1 aromatic heterocycles. The van der Waals surface area contributed by atoms with Crippen molar-refractivity contribution >= 4 is 35.2 Å². The van der Waals surface area contributed by atoms with Gasteiger partial charge in [-0.3, -0.25) is 9.59 Å². The van der Waals surface area contributed by atoms with Crippen molar-refractivity contribution in [3.05, 3.63) is 53.7 Å². The van der Waals surface area contributed by atoms with Crippen LogP contribution in [-0.4, -0.2) is 72.8 Å². The first kappa shape index (κ1) is 27.5. The maximum absolute atomic E-state index is 13.5. The molecule has 4 heterocycles. The van der Waals surface area contributed by atoms with Crippen LogP contribution in [-0.2, 0) is 9.31 Å². The van der Waals surface area contributed by atoms with Gasteiger partial charge < -0.3 is 28.4 Å². The van der Waals surface area contributed by atoms with Crippen molar-refractivity contribution in [2.45, 2.75) is 63.8 Å². The van der Waals surface area contributed by atoms with Gasteiger partial charge in [-0.1, -0.05) is 12.1 Å². The van der Waals surface area contributed by atoms with Crippen molar-refractivity contribution in [3.8, 4) is 17.2 Å². The van der Waals surface area contributed by atoms with Gasteiger partial charge in [0.2, 0.25) is 0 Å². The van der Waals surface area contributed by atoms with Crippen LogP contribution >= 0.6 is 0 Å². The monoisotopic (exact) mass is 558 g/mol. The number of benzene rings is 2. The Morgan fingerprint density at radius 1 is 0.951 bits per heavy atom. The fraction of sp³-hybridized carbons (Fsp3) is 0.452. The highest BCUT2D eigenvalue weighted by Crippen LogP contribution is 2.41. The molecule has 0 aliphatic carbocycles. The van der Waals surface area contributed by atoms with Gasteiger partial charge >= 0.3 is 7.12 Å². The fourth-order valence-electron chi connectivity index (χ4n) is 5.83. The van der Waals surface area contributed by atoms with Crippen LogP contribution in [0.1, 0.15) is 67.8 Å². The number of rotatable bonds is 4. The van der Waals surface area contributed by atoms with Crippen LogP contribution in [0.15, 0.2) is 42.5 Å². The van der Waals surface area contributed by atoms with Crippen molar-refractivity contribution in [2.24, 2.45) is 0 Å². The topological polar surface area (TPSA) is 96.4 Å². The van der Waals surface area contributed by atoms with Crippen molar-refractivity contribution in [2.75, 3.05) is 27.3 Å². The molecule has 6 rings (SSSR count). The number of nitrogens with zero attached hydrogens (tertiary/aromatic N) is 2. The Hall–Kier alpha value is -3.63. The number of ether oxygens (including phenoxy) is 3. The molecule has 0 bridgehead atoms. The minimum Gasteiger partial charge on any atom is -0.496 e. The predicted molar refractivity (Wildman–Crippen MR) is 154 cm³/mol. The van der Waals surface area contributed by atoms with Gasteiger partial charge in [-0.25, -0.2) is 4.98 Å². The second-order valence-electron chi connectivity index (χ2n) is 12.1. The van der Waals surface area contributed by atoms with E-state index in [0.29, 0.717) is 54.3 Å². The van der Waals surface area contributed by atoms with E-state index in [1.54, 1.807) is 31.3 Å². The Kier molecular flexibility index (Phi) is 6.54. The summed E-state index contributed by atoms with van der Waals surface area (Å²) in [6.45, 7) is 8.91. The summed E-state index contributed by atoms with van der Waals surface area (Å²) in [4.78, 5) is 33.3. The molecule has 2 saturated heterocycles. The summed E-state index contributed by atoms with van der Waals surface area (Å²) >= 11 is 0. The van der Waals surface area contributed by atoms with Gasteiger partial charge in [0.1, 0.15) is 34.1 Å². The smallest absolute Gasteiger partial charge is 0.494 e. The van der Waals surface area contributed by atoms with Gasteiger partial charge in [0.25, 0.3) is 5.91 Å². The second kappa shape index (κ2) is 9.74. The highest BCUT2D eigenvalue weighted by atomic mass is 16.7. The number of hydrogen-bond donors (Lipinski definition) is 0. The standard InChI is InChI=1S/C31H35BN2O7/c1-29(2)30(3,4)41-32(40-29)19-10-11-24-21(16-19)23(35)18-31(39-24)12-14-34(15-13-31)28(36)22-17-26(38-6)20-8-7-9-25(37-5)27(20)33-22/h7-11,16-17H,12-15,18H2,1-6H3. The third-order valence-electron chi connectivity index (χ3n) is 9.02. The number of ketones is 1. The number of para-hydroxylation sites is 1. The van der Waals surface area contributed by atoms with Crippen molar-refractivity contribution in [1.29, 1.82) is 0 Å². The first-order valence-electron chi connectivity index (χ1n) is 14.0. The van der Waals surface area contributed by atoms with Gasteiger partial charge in [-0.05, 0) is 57.4 Å². The summed E-state index contributed by atoms with van der Waals surface area (Å²) in [5.41, 5.74) is 0.616. The molecule has 0 N–H and O–H groups in total. The van der Waals surface area contributed by atoms with Crippen LogP contribution in [0.3, 0.4) is 0 Å². The number of pyridine rings is 1. The Morgan fingerprint density at radius 3 is 2.29 bits per heavy atom. The highest BCUT2D eigenvalue weighted by Gasteiger charge is 2.52. The lowest BCUT2D eigenvalue weighted by molar-refractivity contribution is -0.00582. The Labute approximate surface area is 240 Å². The average molecular weight is 558 g/mol. The number of methoxy groups -OCH3 is 2. The summed E-state index contributed by atoms with van der Waals surface area (Å²) in [5.74, 6) is 1.53. The number of amides is 1. The molecule has 3 aliphatic heterocycles. The van der Waals surface area contributed by atoms with E-state index in [2.05, 4.69) is 4.98 Å². The summed E-state index contributed by atoms with van der Waals surface area (Å²) in [5, 5.41) is 0.774. The number of piperidine rings is 1. The molecule has 0 radical (unpaired) electrons.